The first-order chi connectivity index (χ1) is 10.2. The lowest BCUT2D eigenvalue weighted by molar-refractivity contribution is 0.432. The largest absolute Gasteiger partial charge is 0.307 e. The van der Waals surface area contributed by atoms with Crippen LogP contribution < -0.4 is 5.32 Å². The Kier molecular flexibility index (Phi) is 4.12. The van der Waals surface area contributed by atoms with Gasteiger partial charge in [0, 0.05) is 12.1 Å². The fourth-order valence-corrected chi connectivity index (χ4v) is 3.41. The minimum Gasteiger partial charge on any atom is -0.307 e. The summed E-state index contributed by atoms with van der Waals surface area (Å²) < 4.78 is 0. The maximum Gasteiger partial charge on any atom is 0.0294 e. The highest BCUT2D eigenvalue weighted by Crippen LogP contribution is 2.37. The lowest BCUT2D eigenvalue weighted by Gasteiger charge is -2.22. The van der Waals surface area contributed by atoms with Crippen molar-refractivity contribution >= 4 is 0 Å². The van der Waals surface area contributed by atoms with E-state index in [4.69, 9.17) is 0 Å². The molecule has 0 saturated carbocycles. The predicted molar refractivity (Wildman–Crippen MR) is 90.6 cm³/mol. The number of nitrogens with one attached hydrogen (secondary N) is 1. The molecule has 0 radical (unpaired) electrons. The van der Waals surface area contributed by atoms with Crippen LogP contribution in [0.5, 0.6) is 0 Å². The van der Waals surface area contributed by atoms with Gasteiger partial charge in [-0.3, -0.25) is 0 Å². The summed E-state index contributed by atoms with van der Waals surface area (Å²) in [5.41, 5.74) is 7.19. The molecule has 0 amide bonds. The van der Waals surface area contributed by atoms with E-state index in [0.717, 1.165) is 6.42 Å². The van der Waals surface area contributed by atoms with Crippen molar-refractivity contribution in [2.24, 2.45) is 0 Å². The second kappa shape index (κ2) is 6.03. The molecule has 0 spiro atoms. The molecule has 1 N–H and O–H groups in total. The standard InChI is InChI=1S/C20H25N/c1-4-18(5-2)21-14(3)15-10-11-20-17(12-15)13-16-8-6-7-9-19(16)20/h6-12,14,18,21H,4-5,13H2,1-3H3. The Morgan fingerprint density at radius 3 is 2.43 bits per heavy atom. The van der Waals surface area contributed by atoms with E-state index in [1.807, 2.05) is 0 Å². The second-order valence-corrected chi connectivity index (χ2v) is 6.15. The first-order valence-corrected chi connectivity index (χ1v) is 8.20. The highest BCUT2D eigenvalue weighted by atomic mass is 14.9. The molecule has 0 bridgehead atoms. The van der Waals surface area contributed by atoms with Crippen molar-refractivity contribution in [1.82, 2.24) is 5.32 Å². The summed E-state index contributed by atoms with van der Waals surface area (Å²) in [4.78, 5) is 0. The summed E-state index contributed by atoms with van der Waals surface area (Å²) in [6.45, 7) is 6.79. The van der Waals surface area contributed by atoms with Crippen molar-refractivity contribution in [2.75, 3.05) is 0 Å². The summed E-state index contributed by atoms with van der Waals surface area (Å²) in [5, 5.41) is 3.74. The van der Waals surface area contributed by atoms with Crippen LogP contribution in [0.2, 0.25) is 0 Å². The zero-order chi connectivity index (χ0) is 14.8. The van der Waals surface area contributed by atoms with E-state index in [2.05, 4.69) is 68.6 Å². The first-order valence-electron chi connectivity index (χ1n) is 8.20. The normalized spacial score (nSPS) is 14.1. The van der Waals surface area contributed by atoms with Gasteiger partial charge in [0.25, 0.3) is 0 Å². The van der Waals surface area contributed by atoms with Gasteiger partial charge in [-0.1, -0.05) is 56.3 Å². The van der Waals surface area contributed by atoms with E-state index in [0.29, 0.717) is 12.1 Å². The molecule has 21 heavy (non-hydrogen) atoms. The smallest absolute Gasteiger partial charge is 0.0294 e. The molecule has 110 valence electrons. The number of rotatable bonds is 5. The summed E-state index contributed by atoms with van der Waals surface area (Å²) in [5.74, 6) is 0. The van der Waals surface area contributed by atoms with Gasteiger partial charge < -0.3 is 5.32 Å². The van der Waals surface area contributed by atoms with Gasteiger partial charge in [0.15, 0.2) is 0 Å². The third-order valence-corrected chi connectivity index (χ3v) is 4.79. The third-order valence-electron chi connectivity index (χ3n) is 4.79. The van der Waals surface area contributed by atoms with E-state index < -0.39 is 0 Å². The predicted octanol–water partition coefficient (Wildman–Crippen LogP) is 5.10. The van der Waals surface area contributed by atoms with Crippen molar-refractivity contribution in [3.05, 3.63) is 59.2 Å². The Morgan fingerprint density at radius 2 is 1.67 bits per heavy atom. The van der Waals surface area contributed by atoms with Crippen molar-refractivity contribution in [3.63, 3.8) is 0 Å². The molecule has 0 heterocycles. The fraction of sp³-hybridized carbons (Fsp3) is 0.400. The second-order valence-electron chi connectivity index (χ2n) is 6.15. The molecule has 1 atom stereocenters. The number of hydrogen-bond acceptors (Lipinski definition) is 1. The molecule has 1 nitrogen and oxygen atoms in total. The van der Waals surface area contributed by atoms with Crippen LogP contribution in [0, 0.1) is 0 Å². The van der Waals surface area contributed by atoms with Gasteiger partial charge in [-0.05, 0) is 54.0 Å². The van der Waals surface area contributed by atoms with E-state index in [9.17, 15) is 0 Å². The van der Waals surface area contributed by atoms with Gasteiger partial charge in [0.1, 0.15) is 0 Å². The maximum absolute atomic E-state index is 3.74. The molecular weight excluding hydrogens is 254 g/mol. The summed E-state index contributed by atoms with van der Waals surface area (Å²) >= 11 is 0. The Balaban J connectivity index is 1.83. The van der Waals surface area contributed by atoms with Crippen molar-refractivity contribution in [1.29, 1.82) is 0 Å². The molecule has 2 aromatic carbocycles. The van der Waals surface area contributed by atoms with Crippen LogP contribution in [0.1, 0.15) is 56.3 Å². The van der Waals surface area contributed by atoms with Crippen molar-refractivity contribution < 1.29 is 0 Å². The molecule has 1 heteroatoms. The van der Waals surface area contributed by atoms with Gasteiger partial charge in [0.05, 0.1) is 0 Å². The third kappa shape index (κ3) is 2.75. The average Bonchev–Trinajstić information content (AvgIpc) is 2.89. The summed E-state index contributed by atoms with van der Waals surface area (Å²) in [7, 11) is 0. The Morgan fingerprint density at radius 1 is 0.952 bits per heavy atom. The van der Waals surface area contributed by atoms with Gasteiger partial charge in [-0.25, -0.2) is 0 Å². The highest BCUT2D eigenvalue weighted by molar-refractivity contribution is 5.76. The van der Waals surface area contributed by atoms with Crippen LogP contribution in [-0.2, 0) is 6.42 Å². The van der Waals surface area contributed by atoms with Crippen molar-refractivity contribution in [3.8, 4) is 11.1 Å². The monoisotopic (exact) mass is 279 g/mol. The quantitative estimate of drug-likeness (QED) is 0.685. The minimum absolute atomic E-state index is 0.420. The summed E-state index contributed by atoms with van der Waals surface area (Å²) in [6, 6.07) is 16.8. The number of hydrogen-bond donors (Lipinski definition) is 1. The molecule has 2 aromatic rings. The van der Waals surface area contributed by atoms with Gasteiger partial charge in [-0.15, -0.1) is 0 Å². The van der Waals surface area contributed by atoms with Crippen LogP contribution in [0.15, 0.2) is 42.5 Å². The van der Waals surface area contributed by atoms with Gasteiger partial charge >= 0.3 is 0 Å². The SMILES string of the molecule is CCC(CC)NC(C)c1ccc2c(c1)Cc1ccccc1-2. The van der Waals surface area contributed by atoms with Gasteiger partial charge in [0.2, 0.25) is 0 Å². The minimum atomic E-state index is 0.420. The Bertz CT molecular complexity index is 625. The summed E-state index contributed by atoms with van der Waals surface area (Å²) in [6.07, 6.45) is 3.46. The lowest BCUT2D eigenvalue weighted by atomic mass is 9.99. The lowest BCUT2D eigenvalue weighted by Crippen LogP contribution is -2.30. The van der Waals surface area contributed by atoms with E-state index >= 15 is 0 Å². The molecule has 0 fully saturated rings. The maximum atomic E-state index is 3.74. The first kappa shape index (κ1) is 14.3. The Hall–Kier alpha value is -1.60. The van der Waals surface area contributed by atoms with Crippen LogP contribution in [0.3, 0.4) is 0 Å². The Labute approximate surface area is 128 Å². The zero-order valence-electron chi connectivity index (χ0n) is 13.3. The molecule has 1 aliphatic rings. The molecule has 0 aliphatic heterocycles. The average molecular weight is 279 g/mol. The molecule has 0 aromatic heterocycles. The molecule has 1 aliphatic carbocycles. The van der Waals surface area contributed by atoms with E-state index in [1.54, 1.807) is 0 Å². The number of benzene rings is 2. The van der Waals surface area contributed by atoms with Crippen LogP contribution in [0.4, 0.5) is 0 Å². The number of fused-ring (bicyclic) bond motifs is 3. The topological polar surface area (TPSA) is 12.0 Å². The highest BCUT2D eigenvalue weighted by Gasteiger charge is 2.19. The van der Waals surface area contributed by atoms with E-state index in [1.165, 1.54) is 40.7 Å². The molecular formula is C20H25N. The molecule has 3 rings (SSSR count). The molecule has 1 unspecified atom stereocenters. The fourth-order valence-electron chi connectivity index (χ4n) is 3.41. The molecule has 0 saturated heterocycles. The van der Waals surface area contributed by atoms with Gasteiger partial charge in [-0.2, -0.15) is 0 Å². The van der Waals surface area contributed by atoms with Crippen molar-refractivity contribution in [2.45, 2.75) is 52.1 Å². The van der Waals surface area contributed by atoms with E-state index in [-0.39, 0.29) is 0 Å². The van der Waals surface area contributed by atoms with Crippen LogP contribution >= 0.6 is 0 Å². The van der Waals surface area contributed by atoms with Crippen LogP contribution in [-0.4, -0.2) is 6.04 Å². The van der Waals surface area contributed by atoms with Crippen LogP contribution in [0.25, 0.3) is 11.1 Å². The zero-order valence-corrected chi connectivity index (χ0v) is 13.3.